The molecule has 10 nitrogen and oxygen atoms in total. The molecule has 0 atom stereocenters. The number of amidine groups is 1. The molecule has 1 aliphatic rings. The molecule has 0 spiro atoms. The largest absolute Gasteiger partial charge is 0.477 e. The number of rotatable bonds is 7. The lowest BCUT2D eigenvalue weighted by molar-refractivity contribution is -0.141. The molecule has 0 bridgehead atoms. The molecule has 2 aromatic rings. The number of carboxylic acid groups (broad SMARTS) is 1. The van der Waals surface area contributed by atoms with Crippen LogP contribution >= 0.6 is 11.3 Å². The van der Waals surface area contributed by atoms with Crippen molar-refractivity contribution in [1.29, 1.82) is 5.41 Å². The van der Waals surface area contributed by atoms with Crippen molar-refractivity contribution in [3.63, 3.8) is 0 Å². The molecule has 11 heteroatoms. The molecule has 0 radical (unpaired) electrons. The SMILES string of the molecule is COC(=O)CNC(=O)C1CCN(c2nc(-c3ccc(C(=N)N)cc3)c(C(=O)O)s2)CC1. The Kier molecular flexibility index (Phi) is 6.85. The maximum absolute atomic E-state index is 12.2. The maximum Gasteiger partial charge on any atom is 0.348 e. The summed E-state index contributed by atoms with van der Waals surface area (Å²) in [6, 6.07) is 6.70. The average molecular weight is 446 g/mol. The predicted molar refractivity (Wildman–Crippen MR) is 115 cm³/mol. The number of esters is 1. The first-order valence-corrected chi connectivity index (χ1v) is 10.4. The van der Waals surface area contributed by atoms with Gasteiger partial charge >= 0.3 is 11.9 Å². The van der Waals surface area contributed by atoms with E-state index in [4.69, 9.17) is 11.1 Å². The van der Waals surface area contributed by atoms with Crippen molar-refractivity contribution in [2.45, 2.75) is 12.8 Å². The zero-order valence-corrected chi connectivity index (χ0v) is 17.7. The minimum atomic E-state index is -1.06. The number of piperidine rings is 1. The average Bonchev–Trinajstić information content (AvgIpc) is 3.23. The topological polar surface area (TPSA) is 159 Å². The third-order valence-electron chi connectivity index (χ3n) is 5.05. The third kappa shape index (κ3) is 5.18. The number of aromatic nitrogens is 1. The summed E-state index contributed by atoms with van der Waals surface area (Å²) in [5, 5.41) is 20.3. The molecule has 1 saturated heterocycles. The van der Waals surface area contributed by atoms with Gasteiger partial charge in [0.25, 0.3) is 0 Å². The first kappa shape index (κ1) is 22.2. The molecule has 2 heterocycles. The van der Waals surface area contributed by atoms with Crippen molar-refractivity contribution < 1.29 is 24.2 Å². The number of hydrogen-bond donors (Lipinski definition) is 4. The summed E-state index contributed by atoms with van der Waals surface area (Å²) in [5.74, 6) is -2.05. The lowest BCUT2D eigenvalue weighted by Crippen LogP contribution is -2.42. The van der Waals surface area contributed by atoms with E-state index in [-0.39, 0.29) is 29.1 Å². The van der Waals surface area contributed by atoms with Crippen LogP contribution in [0.15, 0.2) is 24.3 Å². The molecule has 1 aliphatic heterocycles. The maximum atomic E-state index is 12.2. The normalized spacial score (nSPS) is 14.2. The van der Waals surface area contributed by atoms with E-state index in [1.54, 1.807) is 24.3 Å². The molecule has 3 rings (SSSR count). The molecule has 1 aromatic heterocycles. The Morgan fingerprint density at radius 1 is 1.29 bits per heavy atom. The van der Waals surface area contributed by atoms with E-state index in [0.29, 0.717) is 47.9 Å². The van der Waals surface area contributed by atoms with Crippen molar-refractivity contribution in [2.75, 3.05) is 31.6 Å². The Morgan fingerprint density at radius 2 is 1.94 bits per heavy atom. The molecule has 1 fully saturated rings. The van der Waals surface area contributed by atoms with Gasteiger partial charge in [0, 0.05) is 30.1 Å². The second-order valence-electron chi connectivity index (χ2n) is 7.03. The van der Waals surface area contributed by atoms with E-state index >= 15 is 0 Å². The molecular weight excluding hydrogens is 422 g/mol. The number of methoxy groups -OCH3 is 1. The lowest BCUT2D eigenvalue weighted by atomic mass is 9.96. The van der Waals surface area contributed by atoms with E-state index in [2.05, 4.69) is 15.0 Å². The van der Waals surface area contributed by atoms with E-state index in [9.17, 15) is 19.5 Å². The number of amides is 1. The van der Waals surface area contributed by atoms with Crippen LogP contribution in [0.2, 0.25) is 0 Å². The van der Waals surface area contributed by atoms with E-state index < -0.39 is 11.9 Å². The first-order valence-electron chi connectivity index (χ1n) is 9.58. The number of carbonyl (C=O) groups is 3. The Balaban J connectivity index is 1.71. The van der Waals surface area contributed by atoms with Gasteiger partial charge in [0.2, 0.25) is 5.91 Å². The molecule has 1 amide bonds. The number of nitrogens with two attached hydrogens (primary N) is 1. The number of nitrogen functional groups attached to an aromatic ring is 1. The van der Waals surface area contributed by atoms with Gasteiger partial charge in [0.05, 0.1) is 12.8 Å². The molecule has 31 heavy (non-hydrogen) atoms. The van der Waals surface area contributed by atoms with Crippen LogP contribution in [0.5, 0.6) is 0 Å². The number of aromatic carboxylic acids is 1. The van der Waals surface area contributed by atoms with Gasteiger partial charge in [-0.1, -0.05) is 35.6 Å². The molecule has 1 aromatic carbocycles. The second kappa shape index (κ2) is 9.56. The fourth-order valence-corrected chi connectivity index (χ4v) is 4.28. The highest BCUT2D eigenvalue weighted by atomic mass is 32.1. The van der Waals surface area contributed by atoms with Crippen LogP contribution in [0.4, 0.5) is 5.13 Å². The molecule has 0 unspecified atom stereocenters. The van der Waals surface area contributed by atoms with Gasteiger partial charge in [0.1, 0.15) is 17.3 Å². The number of nitrogens with one attached hydrogen (secondary N) is 2. The summed E-state index contributed by atoms with van der Waals surface area (Å²) in [5.41, 5.74) is 7.01. The van der Waals surface area contributed by atoms with Crippen molar-refractivity contribution in [2.24, 2.45) is 11.7 Å². The summed E-state index contributed by atoms with van der Waals surface area (Å²) in [4.78, 5) is 41.8. The summed E-state index contributed by atoms with van der Waals surface area (Å²) < 4.78 is 4.52. The smallest absolute Gasteiger partial charge is 0.348 e. The molecular formula is C20H23N5O5S. The van der Waals surface area contributed by atoms with Crippen molar-refractivity contribution in [1.82, 2.24) is 10.3 Å². The van der Waals surface area contributed by atoms with Crippen LogP contribution in [-0.4, -0.2) is 60.5 Å². The van der Waals surface area contributed by atoms with Gasteiger partial charge < -0.3 is 25.8 Å². The van der Waals surface area contributed by atoms with E-state index in [1.165, 1.54) is 7.11 Å². The van der Waals surface area contributed by atoms with Crippen LogP contribution in [0.3, 0.4) is 0 Å². The third-order valence-corrected chi connectivity index (χ3v) is 6.15. The number of carbonyl (C=O) groups excluding carboxylic acids is 2. The van der Waals surface area contributed by atoms with Crippen LogP contribution in [0.1, 0.15) is 28.1 Å². The van der Waals surface area contributed by atoms with Crippen LogP contribution < -0.4 is 16.0 Å². The summed E-state index contributed by atoms with van der Waals surface area (Å²) in [6.07, 6.45) is 1.13. The van der Waals surface area contributed by atoms with Gasteiger partial charge in [0.15, 0.2) is 5.13 Å². The zero-order valence-electron chi connectivity index (χ0n) is 16.9. The van der Waals surface area contributed by atoms with Crippen molar-refractivity contribution in [3.8, 4) is 11.3 Å². The minimum absolute atomic E-state index is 0.0672. The van der Waals surface area contributed by atoms with E-state index in [0.717, 1.165) is 11.3 Å². The highest BCUT2D eigenvalue weighted by Crippen LogP contribution is 2.35. The van der Waals surface area contributed by atoms with Gasteiger partial charge in [-0.25, -0.2) is 9.78 Å². The zero-order chi connectivity index (χ0) is 22.5. The predicted octanol–water partition coefficient (Wildman–Crippen LogP) is 1.30. The fraction of sp³-hybridized carbons (Fsp3) is 0.350. The van der Waals surface area contributed by atoms with Gasteiger partial charge in [-0.3, -0.25) is 15.0 Å². The standard InChI is InChI=1S/C20H23N5O5S/c1-30-14(26)10-23-18(27)13-6-8-25(9-7-13)20-24-15(16(31-20)19(28)29)11-2-4-12(5-3-11)17(21)22/h2-5,13H,6-10H2,1H3,(H3,21,22)(H,23,27)(H,28,29). The second-order valence-corrected chi connectivity index (χ2v) is 8.00. The number of ether oxygens (including phenoxy) is 1. The Morgan fingerprint density at radius 3 is 2.48 bits per heavy atom. The highest BCUT2D eigenvalue weighted by molar-refractivity contribution is 7.17. The lowest BCUT2D eigenvalue weighted by Gasteiger charge is -2.30. The Labute approximate surface area is 182 Å². The fourth-order valence-electron chi connectivity index (χ4n) is 3.30. The van der Waals surface area contributed by atoms with Gasteiger partial charge in [-0.05, 0) is 12.8 Å². The Bertz CT molecular complexity index is 996. The monoisotopic (exact) mass is 445 g/mol. The molecule has 5 N–H and O–H groups in total. The van der Waals surface area contributed by atoms with Crippen molar-refractivity contribution >= 4 is 40.1 Å². The number of thiazole rings is 1. The van der Waals surface area contributed by atoms with Crippen molar-refractivity contribution in [3.05, 3.63) is 34.7 Å². The summed E-state index contributed by atoms with van der Waals surface area (Å²) in [7, 11) is 1.26. The molecule has 0 aliphatic carbocycles. The number of nitrogens with zero attached hydrogens (tertiary/aromatic N) is 2. The molecule has 0 saturated carbocycles. The number of hydrogen-bond acceptors (Lipinski definition) is 8. The summed E-state index contributed by atoms with van der Waals surface area (Å²) >= 11 is 1.09. The number of carboxylic acids is 1. The number of anilines is 1. The highest BCUT2D eigenvalue weighted by Gasteiger charge is 2.28. The van der Waals surface area contributed by atoms with Crippen LogP contribution in [0, 0.1) is 11.3 Å². The van der Waals surface area contributed by atoms with E-state index in [1.807, 2.05) is 4.90 Å². The van der Waals surface area contributed by atoms with Gasteiger partial charge in [-0.15, -0.1) is 0 Å². The number of benzene rings is 1. The first-order chi connectivity index (χ1) is 14.8. The van der Waals surface area contributed by atoms with Crippen LogP contribution in [-0.2, 0) is 14.3 Å². The quantitative estimate of drug-likeness (QED) is 0.282. The van der Waals surface area contributed by atoms with Crippen LogP contribution in [0.25, 0.3) is 11.3 Å². The summed E-state index contributed by atoms with van der Waals surface area (Å²) in [6.45, 7) is 0.937. The van der Waals surface area contributed by atoms with Gasteiger partial charge in [-0.2, -0.15) is 0 Å². The molecule has 164 valence electrons. The Hall–Kier alpha value is -3.47. The minimum Gasteiger partial charge on any atom is -0.477 e.